The number of H-pyrrole nitrogens is 1. The number of rotatable bonds is 8. The number of nitrogens with zero attached hydrogens (tertiary/aromatic N) is 1. The van der Waals surface area contributed by atoms with Crippen LogP contribution < -0.4 is 10.6 Å². The van der Waals surface area contributed by atoms with Crippen molar-refractivity contribution in [1.29, 1.82) is 0 Å². The average Bonchev–Trinajstić information content (AvgIpc) is 3.02. The SMILES string of the molecule is CC[C@H](C)[C@H](NC(=O)OC(C)(C)C)C(=O)N[C@@H](Cc1cnc[nH]1)C(=O)O.Cl. The minimum Gasteiger partial charge on any atom is -0.480 e. The maximum Gasteiger partial charge on any atom is 0.408 e. The number of amides is 2. The summed E-state index contributed by atoms with van der Waals surface area (Å²) >= 11 is 0. The molecule has 1 aromatic heterocycles. The number of carboxylic acids is 1. The van der Waals surface area contributed by atoms with Crippen molar-refractivity contribution in [1.82, 2.24) is 20.6 Å². The van der Waals surface area contributed by atoms with Crippen LogP contribution in [0.5, 0.6) is 0 Å². The standard InChI is InChI=1S/C17H28N4O5.ClH/c1-6-10(2)13(21-16(25)26-17(3,4)5)14(22)20-12(15(23)24)7-11-8-18-9-19-11;/h8-10,12-13H,6-7H2,1-5H3,(H,18,19)(H,20,22)(H,21,25)(H,23,24);1H/t10-,12-,13-;/m0./s1. The molecular formula is C17H29ClN4O5. The second kappa shape index (κ2) is 10.8. The number of alkyl carbamates (subject to hydrolysis) is 1. The van der Waals surface area contributed by atoms with Crippen LogP contribution in [0.1, 0.15) is 46.7 Å². The number of carboxylic acid groups (broad SMARTS) is 1. The van der Waals surface area contributed by atoms with E-state index in [4.69, 9.17) is 4.74 Å². The first kappa shape index (κ1) is 24.7. The lowest BCUT2D eigenvalue weighted by Gasteiger charge is -2.27. The maximum absolute atomic E-state index is 12.6. The van der Waals surface area contributed by atoms with Crippen molar-refractivity contribution in [2.24, 2.45) is 5.92 Å². The Hall–Kier alpha value is -2.29. The lowest BCUT2D eigenvalue weighted by Crippen LogP contribution is -2.55. The number of halogens is 1. The summed E-state index contributed by atoms with van der Waals surface area (Å²) in [6.07, 6.45) is 2.88. The van der Waals surface area contributed by atoms with Crippen molar-refractivity contribution < 1.29 is 24.2 Å². The predicted molar refractivity (Wildman–Crippen MR) is 102 cm³/mol. The zero-order chi connectivity index (χ0) is 19.9. The van der Waals surface area contributed by atoms with Crippen molar-refractivity contribution in [2.75, 3.05) is 0 Å². The molecule has 0 saturated heterocycles. The Kier molecular flexibility index (Phi) is 9.85. The fourth-order valence-electron chi connectivity index (χ4n) is 2.21. The summed E-state index contributed by atoms with van der Waals surface area (Å²) in [4.78, 5) is 42.7. The molecule has 1 rings (SSSR count). The van der Waals surface area contributed by atoms with Gasteiger partial charge in [0.2, 0.25) is 5.91 Å². The van der Waals surface area contributed by atoms with Gasteiger partial charge in [-0.25, -0.2) is 14.6 Å². The van der Waals surface area contributed by atoms with Gasteiger partial charge in [-0.05, 0) is 26.7 Å². The number of hydrogen-bond donors (Lipinski definition) is 4. The van der Waals surface area contributed by atoms with Crippen LogP contribution in [0.15, 0.2) is 12.5 Å². The minimum absolute atomic E-state index is 0. The summed E-state index contributed by atoms with van der Waals surface area (Å²) in [5, 5.41) is 14.4. The normalized spacial score (nSPS) is 14.3. The zero-order valence-electron chi connectivity index (χ0n) is 16.2. The molecule has 4 N–H and O–H groups in total. The first-order valence-electron chi connectivity index (χ1n) is 8.53. The highest BCUT2D eigenvalue weighted by Crippen LogP contribution is 2.12. The number of imidazole rings is 1. The van der Waals surface area contributed by atoms with Gasteiger partial charge >= 0.3 is 12.1 Å². The number of aromatic nitrogens is 2. The third kappa shape index (κ3) is 8.76. The second-order valence-corrected chi connectivity index (χ2v) is 7.19. The van der Waals surface area contributed by atoms with Crippen LogP contribution in [0.3, 0.4) is 0 Å². The molecule has 0 spiro atoms. The molecule has 10 heteroatoms. The van der Waals surface area contributed by atoms with E-state index in [9.17, 15) is 19.5 Å². The van der Waals surface area contributed by atoms with Gasteiger partial charge in [0.25, 0.3) is 0 Å². The van der Waals surface area contributed by atoms with Crippen LogP contribution in [0.25, 0.3) is 0 Å². The van der Waals surface area contributed by atoms with Crippen LogP contribution >= 0.6 is 12.4 Å². The number of ether oxygens (including phenoxy) is 1. The quantitative estimate of drug-likeness (QED) is 0.522. The van der Waals surface area contributed by atoms with Gasteiger partial charge in [-0.2, -0.15) is 0 Å². The molecule has 9 nitrogen and oxygen atoms in total. The third-order valence-electron chi connectivity index (χ3n) is 3.76. The van der Waals surface area contributed by atoms with Gasteiger partial charge in [-0.3, -0.25) is 4.79 Å². The van der Waals surface area contributed by atoms with Gasteiger partial charge in [-0.1, -0.05) is 20.3 Å². The number of aliphatic carboxylic acids is 1. The van der Waals surface area contributed by atoms with Gasteiger partial charge < -0.3 is 25.5 Å². The van der Waals surface area contributed by atoms with E-state index < -0.39 is 35.7 Å². The van der Waals surface area contributed by atoms with E-state index in [0.29, 0.717) is 12.1 Å². The molecule has 0 aromatic carbocycles. The third-order valence-corrected chi connectivity index (χ3v) is 3.76. The van der Waals surface area contributed by atoms with E-state index in [0.717, 1.165) is 0 Å². The second-order valence-electron chi connectivity index (χ2n) is 7.19. The zero-order valence-corrected chi connectivity index (χ0v) is 17.1. The predicted octanol–water partition coefficient (Wildman–Crippen LogP) is 1.88. The smallest absolute Gasteiger partial charge is 0.408 e. The Morgan fingerprint density at radius 1 is 1.30 bits per heavy atom. The van der Waals surface area contributed by atoms with Gasteiger partial charge in [0.15, 0.2) is 0 Å². The first-order valence-corrected chi connectivity index (χ1v) is 8.53. The van der Waals surface area contributed by atoms with Gasteiger partial charge in [0.05, 0.1) is 6.33 Å². The monoisotopic (exact) mass is 404 g/mol. The molecule has 0 aliphatic heterocycles. The molecule has 0 saturated carbocycles. The molecule has 0 aliphatic carbocycles. The summed E-state index contributed by atoms with van der Waals surface area (Å²) in [6.45, 7) is 8.83. The lowest BCUT2D eigenvalue weighted by atomic mass is 9.98. The Morgan fingerprint density at radius 2 is 1.93 bits per heavy atom. The highest BCUT2D eigenvalue weighted by Gasteiger charge is 2.31. The maximum atomic E-state index is 12.6. The number of aromatic amines is 1. The first-order chi connectivity index (χ1) is 12.0. The molecule has 0 aliphatic rings. The largest absolute Gasteiger partial charge is 0.480 e. The van der Waals surface area contributed by atoms with E-state index in [1.165, 1.54) is 12.5 Å². The van der Waals surface area contributed by atoms with E-state index in [1.807, 2.05) is 6.92 Å². The van der Waals surface area contributed by atoms with Crippen molar-refractivity contribution in [2.45, 2.75) is 65.1 Å². The fourth-order valence-corrected chi connectivity index (χ4v) is 2.21. The molecule has 0 bridgehead atoms. The Labute approximate surface area is 165 Å². The number of nitrogens with one attached hydrogen (secondary N) is 3. The highest BCUT2D eigenvalue weighted by atomic mass is 35.5. The minimum atomic E-state index is -1.17. The van der Waals surface area contributed by atoms with Crippen molar-refractivity contribution in [3.8, 4) is 0 Å². The summed E-state index contributed by atoms with van der Waals surface area (Å²) in [5.74, 6) is -1.95. The van der Waals surface area contributed by atoms with Crippen molar-refractivity contribution in [3.63, 3.8) is 0 Å². The van der Waals surface area contributed by atoms with Crippen LogP contribution in [-0.4, -0.2) is 50.7 Å². The Balaban J connectivity index is 0.00000676. The molecule has 154 valence electrons. The van der Waals surface area contributed by atoms with Gasteiger partial charge in [0, 0.05) is 18.3 Å². The summed E-state index contributed by atoms with van der Waals surface area (Å²) in [7, 11) is 0. The topological polar surface area (TPSA) is 133 Å². The van der Waals surface area contributed by atoms with E-state index in [2.05, 4.69) is 20.6 Å². The molecule has 0 fully saturated rings. The fraction of sp³-hybridized carbons (Fsp3) is 0.647. The van der Waals surface area contributed by atoms with Gasteiger partial charge in [0.1, 0.15) is 17.7 Å². The number of carbonyl (C=O) groups excluding carboxylic acids is 2. The van der Waals surface area contributed by atoms with Crippen LogP contribution in [0.4, 0.5) is 4.79 Å². The molecular weight excluding hydrogens is 376 g/mol. The highest BCUT2D eigenvalue weighted by molar-refractivity contribution is 5.89. The molecule has 0 unspecified atom stereocenters. The van der Waals surface area contributed by atoms with Gasteiger partial charge in [-0.15, -0.1) is 12.4 Å². The summed E-state index contributed by atoms with van der Waals surface area (Å²) in [5.41, 5.74) is -0.122. The molecule has 3 atom stereocenters. The van der Waals surface area contributed by atoms with E-state index in [-0.39, 0.29) is 24.7 Å². The number of carbonyl (C=O) groups is 3. The van der Waals surface area contributed by atoms with Crippen LogP contribution in [0.2, 0.25) is 0 Å². The molecule has 1 aromatic rings. The van der Waals surface area contributed by atoms with Crippen LogP contribution in [0, 0.1) is 5.92 Å². The summed E-state index contributed by atoms with van der Waals surface area (Å²) < 4.78 is 5.19. The van der Waals surface area contributed by atoms with Crippen LogP contribution in [-0.2, 0) is 20.7 Å². The van der Waals surface area contributed by atoms with Crippen molar-refractivity contribution in [3.05, 3.63) is 18.2 Å². The van der Waals surface area contributed by atoms with Crippen molar-refractivity contribution >= 4 is 30.4 Å². The van der Waals surface area contributed by atoms with E-state index >= 15 is 0 Å². The van der Waals surface area contributed by atoms with E-state index in [1.54, 1.807) is 27.7 Å². The molecule has 2 amide bonds. The average molecular weight is 405 g/mol. The molecule has 1 heterocycles. The lowest BCUT2D eigenvalue weighted by molar-refractivity contribution is -0.142. The number of hydrogen-bond acceptors (Lipinski definition) is 5. The molecule has 0 radical (unpaired) electrons. The molecule has 27 heavy (non-hydrogen) atoms. The Morgan fingerprint density at radius 3 is 2.37 bits per heavy atom. The Bertz CT molecular complexity index is 615. The summed E-state index contributed by atoms with van der Waals surface area (Å²) in [6, 6.07) is -2.05.